The number of hydrogen-bond donors (Lipinski definition) is 0. The van der Waals surface area contributed by atoms with E-state index in [1.165, 1.54) is 0 Å². The molecule has 0 unspecified atom stereocenters. The van der Waals surface area contributed by atoms with Gasteiger partial charge in [-0.05, 0) is 32.0 Å². The summed E-state index contributed by atoms with van der Waals surface area (Å²) >= 11 is 0. The van der Waals surface area contributed by atoms with Crippen LogP contribution in [0.2, 0.25) is 0 Å². The minimum Gasteiger partial charge on any atom is -0.283 e. The van der Waals surface area contributed by atoms with Gasteiger partial charge in [-0.15, -0.1) is 0 Å². The van der Waals surface area contributed by atoms with Crippen molar-refractivity contribution in [2.24, 2.45) is 0 Å². The minimum absolute atomic E-state index is 0.0307. The van der Waals surface area contributed by atoms with E-state index in [-0.39, 0.29) is 5.91 Å². The van der Waals surface area contributed by atoms with Crippen molar-refractivity contribution in [2.45, 2.75) is 20.8 Å². The van der Waals surface area contributed by atoms with Gasteiger partial charge in [-0.25, -0.2) is 0 Å². The number of aromatic nitrogens is 2. The number of nitrogens with zero attached hydrogens (tertiary/aromatic N) is 2. The van der Waals surface area contributed by atoms with Crippen LogP contribution in [0, 0.1) is 13.8 Å². The molecule has 3 heteroatoms. The van der Waals surface area contributed by atoms with Crippen LogP contribution >= 0.6 is 0 Å². The molecule has 0 aliphatic rings. The van der Waals surface area contributed by atoms with Crippen LogP contribution in [0.25, 0.3) is 11.0 Å². The molecule has 72 valence electrons. The van der Waals surface area contributed by atoms with Gasteiger partial charge in [0, 0.05) is 18.3 Å². The van der Waals surface area contributed by atoms with Crippen molar-refractivity contribution < 1.29 is 4.79 Å². The van der Waals surface area contributed by atoms with Crippen molar-refractivity contribution in [1.82, 2.24) is 9.55 Å². The molecule has 2 aromatic rings. The Hall–Kier alpha value is -1.64. The fourth-order valence-corrected chi connectivity index (χ4v) is 1.74. The minimum atomic E-state index is 0.0307. The van der Waals surface area contributed by atoms with E-state index >= 15 is 0 Å². The van der Waals surface area contributed by atoms with Crippen LogP contribution < -0.4 is 0 Å². The number of hydrogen-bond acceptors (Lipinski definition) is 2. The summed E-state index contributed by atoms with van der Waals surface area (Å²) in [6.07, 6.45) is 0. The first kappa shape index (κ1) is 8.94. The molecule has 0 bridgehead atoms. The predicted octanol–water partition coefficient (Wildman–Crippen LogP) is 2.31. The molecule has 3 nitrogen and oxygen atoms in total. The molecule has 14 heavy (non-hydrogen) atoms. The Morgan fingerprint density at radius 3 is 2.71 bits per heavy atom. The summed E-state index contributed by atoms with van der Waals surface area (Å²) in [4.78, 5) is 15.7. The van der Waals surface area contributed by atoms with Crippen LogP contribution in [0.1, 0.15) is 23.1 Å². The number of aryl methyl sites for hydroxylation is 2. The third kappa shape index (κ3) is 1.21. The topological polar surface area (TPSA) is 34.9 Å². The molecular weight excluding hydrogens is 176 g/mol. The molecule has 0 spiro atoms. The zero-order valence-corrected chi connectivity index (χ0v) is 8.53. The van der Waals surface area contributed by atoms with E-state index in [9.17, 15) is 4.79 Å². The van der Waals surface area contributed by atoms with Crippen molar-refractivity contribution >= 4 is 16.9 Å². The second kappa shape index (κ2) is 2.94. The van der Waals surface area contributed by atoms with Crippen molar-refractivity contribution in [2.75, 3.05) is 0 Å². The van der Waals surface area contributed by atoms with Gasteiger partial charge in [-0.1, -0.05) is 0 Å². The van der Waals surface area contributed by atoms with Gasteiger partial charge in [0.15, 0.2) is 0 Å². The van der Waals surface area contributed by atoms with Gasteiger partial charge in [0.1, 0.15) is 0 Å². The van der Waals surface area contributed by atoms with Crippen molar-refractivity contribution in [3.05, 3.63) is 29.6 Å². The number of pyridine rings is 1. The SMILES string of the molecule is CC(=O)n1c(C)cc2nc(C)ccc21. The highest BCUT2D eigenvalue weighted by Crippen LogP contribution is 2.17. The van der Waals surface area contributed by atoms with Gasteiger partial charge in [0.2, 0.25) is 5.91 Å². The first-order valence-corrected chi connectivity index (χ1v) is 4.56. The molecule has 0 saturated carbocycles. The molecule has 0 aliphatic heterocycles. The van der Waals surface area contributed by atoms with Gasteiger partial charge in [0.05, 0.1) is 11.0 Å². The number of carbonyl (C=O) groups excluding carboxylic acids is 1. The standard InChI is InChI=1S/C11H12N2O/c1-7-4-5-11-10(12-7)6-8(2)13(11)9(3)14/h4-6H,1-3H3. The molecule has 2 heterocycles. The Morgan fingerprint density at radius 1 is 1.36 bits per heavy atom. The Balaban J connectivity index is 2.84. The molecule has 0 saturated heterocycles. The summed E-state index contributed by atoms with van der Waals surface area (Å²) < 4.78 is 1.68. The summed E-state index contributed by atoms with van der Waals surface area (Å²) in [6.45, 7) is 5.42. The lowest BCUT2D eigenvalue weighted by molar-refractivity contribution is 0.0940. The summed E-state index contributed by atoms with van der Waals surface area (Å²) in [5.41, 5.74) is 3.68. The highest BCUT2D eigenvalue weighted by atomic mass is 16.1. The molecule has 2 aromatic heterocycles. The van der Waals surface area contributed by atoms with E-state index in [0.29, 0.717) is 0 Å². The Kier molecular flexibility index (Phi) is 1.88. The number of fused-ring (bicyclic) bond motifs is 1. The van der Waals surface area contributed by atoms with Crippen LogP contribution in [0.4, 0.5) is 0 Å². The highest BCUT2D eigenvalue weighted by molar-refractivity contribution is 5.90. The summed E-state index contributed by atoms with van der Waals surface area (Å²) in [5, 5.41) is 0. The molecule has 0 amide bonds. The van der Waals surface area contributed by atoms with Gasteiger partial charge in [-0.2, -0.15) is 0 Å². The molecule has 0 fully saturated rings. The van der Waals surface area contributed by atoms with Crippen LogP contribution in [0.15, 0.2) is 18.2 Å². The third-order valence-corrected chi connectivity index (χ3v) is 2.30. The summed E-state index contributed by atoms with van der Waals surface area (Å²) in [7, 11) is 0. The lowest BCUT2D eigenvalue weighted by atomic mass is 10.3. The zero-order chi connectivity index (χ0) is 10.3. The molecule has 2 rings (SSSR count). The largest absolute Gasteiger partial charge is 0.283 e. The Bertz CT molecular complexity index is 511. The molecule has 0 atom stereocenters. The maximum atomic E-state index is 11.4. The van der Waals surface area contributed by atoms with E-state index in [0.717, 1.165) is 22.4 Å². The quantitative estimate of drug-likeness (QED) is 0.636. The highest BCUT2D eigenvalue weighted by Gasteiger charge is 2.09. The van der Waals surface area contributed by atoms with Crippen LogP contribution in [-0.4, -0.2) is 15.5 Å². The van der Waals surface area contributed by atoms with Gasteiger partial charge in [-0.3, -0.25) is 14.3 Å². The van der Waals surface area contributed by atoms with Crippen LogP contribution in [0.3, 0.4) is 0 Å². The first-order chi connectivity index (χ1) is 6.59. The van der Waals surface area contributed by atoms with Crippen LogP contribution in [0.5, 0.6) is 0 Å². The van der Waals surface area contributed by atoms with Gasteiger partial charge >= 0.3 is 0 Å². The molecule has 0 aromatic carbocycles. The molecule has 0 N–H and O–H groups in total. The smallest absolute Gasteiger partial charge is 0.228 e. The number of carbonyl (C=O) groups is 1. The lowest BCUT2D eigenvalue weighted by Gasteiger charge is -2.01. The second-order valence-corrected chi connectivity index (χ2v) is 3.50. The normalized spacial score (nSPS) is 10.8. The predicted molar refractivity (Wildman–Crippen MR) is 55.5 cm³/mol. The monoisotopic (exact) mass is 188 g/mol. The maximum Gasteiger partial charge on any atom is 0.228 e. The molecule has 0 aliphatic carbocycles. The Labute approximate surface area is 82.4 Å². The van der Waals surface area contributed by atoms with E-state index in [4.69, 9.17) is 0 Å². The average Bonchev–Trinajstić information content (AvgIpc) is 2.39. The Morgan fingerprint density at radius 2 is 2.07 bits per heavy atom. The van der Waals surface area contributed by atoms with Crippen LogP contribution in [-0.2, 0) is 0 Å². The summed E-state index contributed by atoms with van der Waals surface area (Å²) in [6, 6.07) is 5.79. The lowest BCUT2D eigenvalue weighted by Crippen LogP contribution is -2.06. The van der Waals surface area contributed by atoms with Gasteiger partial charge in [0.25, 0.3) is 0 Å². The van der Waals surface area contributed by atoms with E-state index in [1.54, 1.807) is 11.5 Å². The van der Waals surface area contributed by atoms with Crippen molar-refractivity contribution in [3.63, 3.8) is 0 Å². The fraction of sp³-hybridized carbons (Fsp3) is 0.273. The average molecular weight is 188 g/mol. The number of rotatable bonds is 0. The maximum absolute atomic E-state index is 11.4. The molecular formula is C11H12N2O. The van der Waals surface area contributed by atoms with Crippen molar-refractivity contribution in [3.8, 4) is 0 Å². The molecule has 0 radical (unpaired) electrons. The zero-order valence-electron chi connectivity index (χ0n) is 8.53. The fourth-order valence-electron chi connectivity index (χ4n) is 1.74. The summed E-state index contributed by atoms with van der Waals surface area (Å²) in [5.74, 6) is 0.0307. The second-order valence-electron chi connectivity index (χ2n) is 3.50. The van der Waals surface area contributed by atoms with E-state index in [1.807, 2.05) is 32.0 Å². The first-order valence-electron chi connectivity index (χ1n) is 4.56. The van der Waals surface area contributed by atoms with Gasteiger partial charge < -0.3 is 0 Å². The third-order valence-electron chi connectivity index (χ3n) is 2.30. The van der Waals surface area contributed by atoms with E-state index < -0.39 is 0 Å². The van der Waals surface area contributed by atoms with Crippen molar-refractivity contribution in [1.29, 1.82) is 0 Å². The van der Waals surface area contributed by atoms with E-state index in [2.05, 4.69) is 4.98 Å².